The Hall–Kier alpha value is -3.14. The fraction of sp³-hybridized carbons (Fsp3) is 0.643. The van der Waals surface area contributed by atoms with Crippen LogP contribution in [0.15, 0.2) is 30.3 Å². The number of likely N-dealkylation sites (N-methyl/N-ethyl adjacent to an activating group) is 1. The average Bonchev–Trinajstić information content (AvgIpc) is 2.94. The highest BCUT2D eigenvalue weighted by molar-refractivity contribution is 5.91. The fourth-order valence-corrected chi connectivity index (χ4v) is 5.60. The van der Waals surface area contributed by atoms with Crippen LogP contribution < -0.4 is 10.6 Å². The average molecular weight is 531 g/mol. The highest BCUT2D eigenvalue weighted by Gasteiger charge is 2.32. The first kappa shape index (κ1) is 29.4. The molecule has 3 rings (SSSR count). The number of carbonyl (C=O) groups excluding carboxylic acids is 3. The monoisotopic (exact) mass is 530 g/mol. The van der Waals surface area contributed by atoms with Crippen LogP contribution in [0.5, 0.6) is 0 Å². The molecule has 2 fully saturated rings. The highest BCUT2D eigenvalue weighted by Crippen LogP contribution is 2.28. The van der Waals surface area contributed by atoms with Crippen LogP contribution in [-0.4, -0.2) is 78.2 Å². The van der Waals surface area contributed by atoms with E-state index in [0.717, 1.165) is 50.0 Å². The summed E-state index contributed by atoms with van der Waals surface area (Å²) >= 11 is 0. The van der Waals surface area contributed by atoms with E-state index in [1.54, 1.807) is 0 Å². The molecule has 0 aromatic heterocycles. The van der Waals surface area contributed by atoms with E-state index in [-0.39, 0.29) is 30.6 Å². The van der Waals surface area contributed by atoms with Gasteiger partial charge in [0.2, 0.25) is 11.8 Å². The molecule has 3 N–H and O–H groups in total. The molecule has 4 amide bonds. The summed E-state index contributed by atoms with van der Waals surface area (Å²) in [6.45, 7) is 1.29. The van der Waals surface area contributed by atoms with Gasteiger partial charge in [-0.15, -0.1) is 0 Å². The standard InChI is InChI=1S/C28H42N4O6/c1-31(38-2)27(35)23(29-26(34)24(30-28(36)37)18-20-10-5-3-6-11-20)15-16-25(33)32-17-9-14-22(19-32)21-12-7-4-8-13-21/h4,7-8,12-13,20,22-24,30H,3,5-6,9-11,14-19H2,1-2H3,(H,29,34)(H,36,37)/t22?,23-,24-/m0/s1. The number of hydrogen-bond donors (Lipinski definition) is 3. The van der Waals surface area contributed by atoms with Crippen LogP contribution in [0.3, 0.4) is 0 Å². The van der Waals surface area contributed by atoms with Crippen LogP contribution in [0.2, 0.25) is 0 Å². The third kappa shape index (κ3) is 8.72. The summed E-state index contributed by atoms with van der Waals surface area (Å²) in [5, 5.41) is 15.4. The quantitative estimate of drug-likeness (QED) is 0.377. The molecule has 1 aromatic carbocycles. The lowest BCUT2D eigenvalue weighted by Crippen LogP contribution is -2.54. The minimum absolute atomic E-state index is 0.0693. The van der Waals surface area contributed by atoms with Crippen LogP contribution in [-0.2, 0) is 19.2 Å². The molecule has 38 heavy (non-hydrogen) atoms. The number of amides is 4. The Balaban J connectivity index is 1.63. The molecule has 0 spiro atoms. The summed E-state index contributed by atoms with van der Waals surface area (Å²) in [4.78, 5) is 57.6. The van der Waals surface area contributed by atoms with E-state index in [0.29, 0.717) is 19.5 Å². The summed E-state index contributed by atoms with van der Waals surface area (Å²) in [5.41, 5.74) is 1.21. The largest absolute Gasteiger partial charge is 0.465 e. The lowest BCUT2D eigenvalue weighted by Gasteiger charge is -2.33. The first-order chi connectivity index (χ1) is 18.3. The number of nitrogens with one attached hydrogen (secondary N) is 2. The zero-order chi connectivity index (χ0) is 27.5. The van der Waals surface area contributed by atoms with Crippen LogP contribution in [0.25, 0.3) is 0 Å². The van der Waals surface area contributed by atoms with Crippen molar-refractivity contribution in [1.29, 1.82) is 0 Å². The summed E-state index contributed by atoms with van der Waals surface area (Å²) in [6, 6.07) is 8.16. The summed E-state index contributed by atoms with van der Waals surface area (Å²) < 4.78 is 0. The Labute approximate surface area is 225 Å². The number of carbonyl (C=O) groups is 4. The Kier molecular flexibility index (Phi) is 11.4. The Morgan fingerprint density at radius 2 is 1.74 bits per heavy atom. The zero-order valence-corrected chi connectivity index (χ0v) is 22.6. The first-order valence-corrected chi connectivity index (χ1v) is 13.7. The molecule has 10 heteroatoms. The molecular weight excluding hydrogens is 488 g/mol. The van der Waals surface area contributed by atoms with Crippen molar-refractivity contribution in [3.63, 3.8) is 0 Å². The fourth-order valence-electron chi connectivity index (χ4n) is 5.60. The van der Waals surface area contributed by atoms with Crippen molar-refractivity contribution >= 4 is 23.8 Å². The Morgan fingerprint density at radius 1 is 1.03 bits per heavy atom. The van der Waals surface area contributed by atoms with E-state index in [1.807, 2.05) is 23.1 Å². The number of rotatable bonds is 11. The van der Waals surface area contributed by atoms with Gasteiger partial charge in [-0.3, -0.25) is 19.2 Å². The molecule has 0 radical (unpaired) electrons. The maximum Gasteiger partial charge on any atom is 0.405 e. The molecule has 1 unspecified atom stereocenters. The third-order valence-corrected chi connectivity index (χ3v) is 7.80. The molecule has 10 nitrogen and oxygen atoms in total. The van der Waals surface area contributed by atoms with Gasteiger partial charge in [-0.25, -0.2) is 9.86 Å². The molecule has 1 saturated heterocycles. The Morgan fingerprint density at radius 3 is 2.39 bits per heavy atom. The third-order valence-electron chi connectivity index (χ3n) is 7.80. The summed E-state index contributed by atoms with van der Waals surface area (Å²) in [7, 11) is 2.78. The molecular formula is C28H42N4O6. The van der Waals surface area contributed by atoms with Gasteiger partial charge in [-0.05, 0) is 37.2 Å². The number of piperidine rings is 1. The van der Waals surface area contributed by atoms with Crippen molar-refractivity contribution in [3.05, 3.63) is 35.9 Å². The van der Waals surface area contributed by atoms with E-state index in [2.05, 4.69) is 22.8 Å². The van der Waals surface area contributed by atoms with Crippen molar-refractivity contribution in [2.75, 3.05) is 27.2 Å². The van der Waals surface area contributed by atoms with Gasteiger partial charge >= 0.3 is 6.09 Å². The molecule has 1 heterocycles. The number of hydroxylamine groups is 2. The van der Waals surface area contributed by atoms with E-state index < -0.39 is 30.0 Å². The van der Waals surface area contributed by atoms with E-state index in [4.69, 9.17) is 4.84 Å². The van der Waals surface area contributed by atoms with Crippen LogP contribution in [0, 0.1) is 5.92 Å². The maximum absolute atomic E-state index is 13.2. The predicted octanol–water partition coefficient (Wildman–Crippen LogP) is 3.28. The van der Waals surface area contributed by atoms with Gasteiger partial charge in [0, 0.05) is 32.5 Å². The van der Waals surface area contributed by atoms with E-state index >= 15 is 0 Å². The molecule has 210 valence electrons. The number of likely N-dealkylation sites (tertiary alicyclic amines) is 1. The smallest absolute Gasteiger partial charge is 0.405 e. The first-order valence-electron chi connectivity index (χ1n) is 13.7. The molecule has 1 aromatic rings. The number of carboxylic acid groups (broad SMARTS) is 1. The predicted molar refractivity (Wildman–Crippen MR) is 142 cm³/mol. The lowest BCUT2D eigenvalue weighted by molar-refractivity contribution is -0.172. The van der Waals surface area contributed by atoms with Gasteiger partial charge in [0.1, 0.15) is 12.1 Å². The second-order valence-corrected chi connectivity index (χ2v) is 10.4. The van der Waals surface area contributed by atoms with E-state index in [9.17, 15) is 24.3 Å². The van der Waals surface area contributed by atoms with Crippen molar-refractivity contribution < 1.29 is 29.1 Å². The van der Waals surface area contributed by atoms with Crippen molar-refractivity contribution in [1.82, 2.24) is 20.6 Å². The minimum Gasteiger partial charge on any atom is -0.465 e. The van der Waals surface area contributed by atoms with Gasteiger partial charge in [0.15, 0.2) is 0 Å². The second-order valence-electron chi connectivity index (χ2n) is 10.4. The summed E-state index contributed by atoms with van der Waals surface area (Å²) in [6.07, 6.45) is 6.37. The Bertz CT molecular complexity index is 937. The topological polar surface area (TPSA) is 128 Å². The molecule has 2 aliphatic rings. The van der Waals surface area contributed by atoms with Crippen LogP contribution >= 0.6 is 0 Å². The van der Waals surface area contributed by atoms with E-state index in [1.165, 1.54) is 19.7 Å². The SMILES string of the molecule is CON(C)C(=O)[C@H](CCC(=O)N1CCCC(c2ccccc2)C1)NC(=O)[C@H](CC1CCCCC1)NC(=O)O. The molecule has 3 atom stereocenters. The molecule has 1 saturated carbocycles. The zero-order valence-electron chi connectivity index (χ0n) is 22.6. The molecule has 0 bridgehead atoms. The number of nitrogens with zero attached hydrogens (tertiary/aromatic N) is 2. The van der Waals surface area contributed by atoms with Gasteiger partial charge in [-0.1, -0.05) is 62.4 Å². The van der Waals surface area contributed by atoms with Crippen molar-refractivity contribution in [3.8, 4) is 0 Å². The van der Waals surface area contributed by atoms with Crippen molar-refractivity contribution in [2.24, 2.45) is 5.92 Å². The van der Waals surface area contributed by atoms with Gasteiger partial charge in [0.25, 0.3) is 5.91 Å². The minimum atomic E-state index is -1.29. The van der Waals surface area contributed by atoms with Gasteiger partial charge in [0.05, 0.1) is 7.11 Å². The van der Waals surface area contributed by atoms with Crippen LogP contribution in [0.4, 0.5) is 4.79 Å². The molecule has 1 aliphatic heterocycles. The number of hydrogen-bond acceptors (Lipinski definition) is 5. The molecule has 1 aliphatic carbocycles. The lowest BCUT2D eigenvalue weighted by atomic mass is 9.84. The van der Waals surface area contributed by atoms with Gasteiger partial charge < -0.3 is 20.6 Å². The second kappa shape index (κ2) is 14.7. The summed E-state index contributed by atoms with van der Waals surface area (Å²) in [5.74, 6) is -0.606. The van der Waals surface area contributed by atoms with Crippen molar-refractivity contribution in [2.45, 2.75) is 82.2 Å². The number of benzene rings is 1. The maximum atomic E-state index is 13.2. The highest BCUT2D eigenvalue weighted by atomic mass is 16.7. The van der Waals surface area contributed by atoms with Crippen LogP contribution in [0.1, 0.15) is 75.7 Å². The van der Waals surface area contributed by atoms with Gasteiger partial charge in [-0.2, -0.15) is 0 Å². The normalized spacial score (nSPS) is 19.7.